The lowest BCUT2D eigenvalue weighted by atomic mass is 10.5. The van der Waals surface area contributed by atoms with E-state index in [0.717, 1.165) is 6.08 Å². The van der Waals surface area contributed by atoms with Crippen LogP contribution in [0.25, 0.3) is 0 Å². The SMILES string of the molecule is O=C1C=C(F)CO1. The fourth-order valence-corrected chi connectivity index (χ4v) is 0.351. The third kappa shape index (κ3) is 0.765. The number of carbonyl (C=O) groups excluding carboxylic acids is 1. The van der Waals surface area contributed by atoms with E-state index in [0.29, 0.717) is 0 Å². The molecule has 0 aromatic rings. The Kier molecular flexibility index (Phi) is 0.817. The number of carbonyl (C=O) groups is 1. The zero-order valence-electron chi connectivity index (χ0n) is 3.48. The third-order valence-electron chi connectivity index (χ3n) is 0.627. The average molecular weight is 102 g/mol. The lowest BCUT2D eigenvalue weighted by Crippen LogP contribution is -1.90. The van der Waals surface area contributed by atoms with Gasteiger partial charge < -0.3 is 4.74 Å². The highest BCUT2D eigenvalue weighted by atomic mass is 19.1. The summed E-state index contributed by atoms with van der Waals surface area (Å²) in [5.41, 5.74) is 0. The minimum Gasteiger partial charge on any atom is -0.455 e. The van der Waals surface area contributed by atoms with E-state index in [2.05, 4.69) is 4.74 Å². The van der Waals surface area contributed by atoms with Crippen LogP contribution in [0.4, 0.5) is 4.39 Å². The first-order chi connectivity index (χ1) is 3.29. The standard InChI is InChI=1S/C4H3FO2/c5-3-1-4(6)7-2-3/h1H,2H2. The van der Waals surface area contributed by atoms with Crippen molar-refractivity contribution in [1.82, 2.24) is 0 Å². The second-order valence-corrected chi connectivity index (χ2v) is 1.20. The van der Waals surface area contributed by atoms with Crippen LogP contribution in [0.2, 0.25) is 0 Å². The number of rotatable bonds is 0. The number of cyclic esters (lactones) is 1. The quantitative estimate of drug-likeness (QED) is 0.414. The summed E-state index contributed by atoms with van der Waals surface area (Å²) in [7, 11) is 0. The summed E-state index contributed by atoms with van der Waals surface area (Å²) in [6, 6.07) is 0. The van der Waals surface area contributed by atoms with Gasteiger partial charge in [0.1, 0.15) is 12.4 Å². The monoisotopic (exact) mass is 102 g/mol. The van der Waals surface area contributed by atoms with Gasteiger partial charge in [0, 0.05) is 0 Å². The largest absolute Gasteiger partial charge is 0.455 e. The van der Waals surface area contributed by atoms with Crippen LogP contribution in [0.15, 0.2) is 11.9 Å². The predicted molar refractivity (Wildman–Crippen MR) is 20.1 cm³/mol. The summed E-state index contributed by atoms with van der Waals surface area (Å²) in [4.78, 5) is 9.91. The molecule has 2 nitrogen and oxygen atoms in total. The van der Waals surface area contributed by atoms with Crippen LogP contribution in [0.3, 0.4) is 0 Å². The first kappa shape index (κ1) is 4.30. The van der Waals surface area contributed by atoms with E-state index in [4.69, 9.17) is 0 Å². The lowest BCUT2D eigenvalue weighted by molar-refractivity contribution is -0.135. The first-order valence-electron chi connectivity index (χ1n) is 1.82. The molecule has 0 amide bonds. The molecule has 0 bridgehead atoms. The molecular weight excluding hydrogens is 99.0 g/mol. The molecule has 1 aliphatic rings. The Morgan fingerprint density at radius 3 is 2.71 bits per heavy atom. The summed E-state index contributed by atoms with van der Waals surface area (Å²) >= 11 is 0. The van der Waals surface area contributed by atoms with Gasteiger partial charge in [-0.15, -0.1) is 0 Å². The maximum atomic E-state index is 11.7. The van der Waals surface area contributed by atoms with E-state index in [-0.39, 0.29) is 6.61 Å². The van der Waals surface area contributed by atoms with Crippen LogP contribution in [0, 0.1) is 0 Å². The summed E-state index contributed by atoms with van der Waals surface area (Å²) in [6.45, 7) is -0.182. The molecule has 3 heteroatoms. The van der Waals surface area contributed by atoms with Gasteiger partial charge in [-0.3, -0.25) is 0 Å². The van der Waals surface area contributed by atoms with Crippen molar-refractivity contribution in [3.8, 4) is 0 Å². The van der Waals surface area contributed by atoms with Crippen molar-refractivity contribution in [2.24, 2.45) is 0 Å². The van der Waals surface area contributed by atoms with Gasteiger partial charge in [-0.2, -0.15) is 0 Å². The molecule has 0 radical (unpaired) electrons. The summed E-state index contributed by atoms with van der Waals surface area (Å²) in [5.74, 6) is -1.08. The van der Waals surface area contributed by atoms with Crippen LogP contribution in [0.5, 0.6) is 0 Å². The molecule has 0 saturated heterocycles. The Morgan fingerprint density at radius 1 is 1.86 bits per heavy atom. The van der Waals surface area contributed by atoms with Crippen LogP contribution in [-0.4, -0.2) is 12.6 Å². The molecule has 0 aliphatic carbocycles. The molecule has 1 rings (SSSR count). The van der Waals surface area contributed by atoms with Gasteiger partial charge in [-0.05, 0) is 0 Å². The van der Waals surface area contributed by atoms with Gasteiger partial charge in [0.2, 0.25) is 0 Å². The van der Waals surface area contributed by atoms with Gasteiger partial charge in [0.25, 0.3) is 0 Å². The molecule has 0 saturated carbocycles. The van der Waals surface area contributed by atoms with E-state index in [9.17, 15) is 9.18 Å². The van der Waals surface area contributed by atoms with Crippen molar-refractivity contribution in [1.29, 1.82) is 0 Å². The summed E-state index contributed by atoms with van der Waals surface area (Å²) in [6.07, 6.45) is 0.833. The number of halogens is 1. The molecule has 0 atom stereocenters. The van der Waals surface area contributed by atoms with Crippen molar-refractivity contribution in [2.75, 3.05) is 6.61 Å². The molecule has 0 N–H and O–H groups in total. The lowest BCUT2D eigenvalue weighted by Gasteiger charge is -1.83. The van der Waals surface area contributed by atoms with Gasteiger partial charge in [-0.1, -0.05) is 0 Å². The minimum atomic E-state index is -0.586. The Balaban J connectivity index is 2.67. The molecule has 7 heavy (non-hydrogen) atoms. The molecule has 0 fully saturated rings. The second kappa shape index (κ2) is 1.33. The van der Waals surface area contributed by atoms with Crippen molar-refractivity contribution in [3.63, 3.8) is 0 Å². The second-order valence-electron chi connectivity index (χ2n) is 1.20. The molecule has 1 heterocycles. The number of esters is 1. The van der Waals surface area contributed by atoms with E-state index in [1.807, 2.05) is 0 Å². The Bertz CT molecular complexity index is 128. The Hall–Kier alpha value is -0.860. The summed E-state index contributed by atoms with van der Waals surface area (Å²) < 4.78 is 15.8. The maximum Gasteiger partial charge on any atom is 0.333 e. The van der Waals surface area contributed by atoms with E-state index < -0.39 is 11.8 Å². The molecule has 0 unspecified atom stereocenters. The third-order valence-corrected chi connectivity index (χ3v) is 0.627. The van der Waals surface area contributed by atoms with Crippen molar-refractivity contribution in [2.45, 2.75) is 0 Å². The van der Waals surface area contributed by atoms with Crippen LogP contribution in [-0.2, 0) is 9.53 Å². The van der Waals surface area contributed by atoms with E-state index in [1.54, 1.807) is 0 Å². The van der Waals surface area contributed by atoms with Gasteiger partial charge in [-0.25, -0.2) is 9.18 Å². The van der Waals surface area contributed by atoms with Gasteiger partial charge >= 0.3 is 5.97 Å². The molecule has 0 aromatic carbocycles. The Morgan fingerprint density at radius 2 is 2.57 bits per heavy atom. The molecule has 38 valence electrons. The number of hydrogen-bond donors (Lipinski definition) is 0. The highest BCUT2D eigenvalue weighted by Gasteiger charge is 2.10. The fraction of sp³-hybridized carbons (Fsp3) is 0.250. The van der Waals surface area contributed by atoms with Crippen molar-refractivity contribution in [3.05, 3.63) is 11.9 Å². The van der Waals surface area contributed by atoms with E-state index in [1.165, 1.54) is 0 Å². The Labute approximate surface area is 39.6 Å². The zero-order chi connectivity index (χ0) is 5.28. The normalized spacial score (nSPS) is 19.0. The first-order valence-corrected chi connectivity index (χ1v) is 1.82. The van der Waals surface area contributed by atoms with Gasteiger partial charge in [0.15, 0.2) is 0 Å². The number of hydrogen-bond acceptors (Lipinski definition) is 2. The minimum absolute atomic E-state index is 0.182. The van der Waals surface area contributed by atoms with Crippen LogP contribution < -0.4 is 0 Å². The van der Waals surface area contributed by atoms with E-state index >= 15 is 0 Å². The van der Waals surface area contributed by atoms with Crippen molar-refractivity contribution < 1.29 is 13.9 Å². The molecule has 0 spiro atoms. The highest BCUT2D eigenvalue weighted by Crippen LogP contribution is 2.04. The van der Waals surface area contributed by atoms with Crippen LogP contribution >= 0.6 is 0 Å². The fourth-order valence-electron chi connectivity index (χ4n) is 0.351. The highest BCUT2D eigenvalue weighted by molar-refractivity contribution is 5.84. The van der Waals surface area contributed by atoms with Crippen molar-refractivity contribution >= 4 is 5.97 Å². The maximum absolute atomic E-state index is 11.7. The molecule has 1 aliphatic heterocycles. The smallest absolute Gasteiger partial charge is 0.333 e. The molecular formula is C4H3FO2. The topological polar surface area (TPSA) is 26.3 Å². The van der Waals surface area contributed by atoms with Gasteiger partial charge in [0.05, 0.1) is 6.08 Å². The molecule has 0 aromatic heterocycles. The zero-order valence-corrected chi connectivity index (χ0v) is 3.48. The van der Waals surface area contributed by atoms with Crippen LogP contribution in [0.1, 0.15) is 0 Å². The number of ether oxygens (including phenoxy) is 1. The summed E-state index contributed by atoms with van der Waals surface area (Å²) in [5, 5.41) is 0. The predicted octanol–water partition coefficient (Wildman–Crippen LogP) is 0.397. The average Bonchev–Trinajstić information content (AvgIpc) is 1.87.